The molecule has 230 valence electrons. The Morgan fingerprint density at radius 1 is 1.17 bits per heavy atom. The molecule has 0 unspecified atom stereocenters. The topological polar surface area (TPSA) is 91.5 Å². The van der Waals surface area contributed by atoms with Crippen LogP contribution < -0.4 is 5.56 Å². The fourth-order valence-corrected chi connectivity index (χ4v) is 6.30. The molecule has 42 heavy (non-hydrogen) atoms. The minimum atomic E-state index is -1.24. The molecule has 0 spiro atoms. The lowest BCUT2D eigenvalue weighted by Gasteiger charge is -2.32. The number of amides is 1. The zero-order valence-electron chi connectivity index (χ0n) is 27.2. The van der Waals surface area contributed by atoms with Crippen molar-refractivity contribution in [2.45, 2.75) is 104 Å². The number of aromatic nitrogens is 4. The number of hydrogen-bond acceptors (Lipinski definition) is 6. The maximum absolute atomic E-state index is 12.6. The summed E-state index contributed by atoms with van der Waals surface area (Å²) < 4.78 is 15.7. The molecule has 9 nitrogen and oxygen atoms in total. The molecule has 1 amide bonds. The van der Waals surface area contributed by atoms with E-state index in [1.54, 1.807) is 16.5 Å². The molecule has 0 saturated carbocycles. The van der Waals surface area contributed by atoms with E-state index in [0.29, 0.717) is 32.0 Å². The van der Waals surface area contributed by atoms with Crippen molar-refractivity contribution < 1.29 is 14.3 Å². The number of fused-ring (bicyclic) bond motifs is 1. The van der Waals surface area contributed by atoms with Gasteiger partial charge in [0, 0.05) is 63.6 Å². The first-order valence-corrected chi connectivity index (χ1v) is 18.9. The predicted octanol–water partition coefficient (Wildman–Crippen LogP) is 6.66. The quantitative estimate of drug-likeness (QED) is 0.214. The van der Waals surface area contributed by atoms with Gasteiger partial charge in [-0.2, -0.15) is 0 Å². The molecule has 1 aliphatic rings. The van der Waals surface area contributed by atoms with Gasteiger partial charge in [0.1, 0.15) is 18.2 Å². The van der Waals surface area contributed by atoms with Crippen LogP contribution in [0.2, 0.25) is 25.7 Å². The Morgan fingerprint density at radius 2 is 1.83 bits per heavy atom. The molecule has 0 N–H and O–H groups in total. The van der Waals surface area contributed by atoms with Gasteiger partial charge in [-0.1, -0.05) is 33.5 Å². The monoisotopic (exact) mass is 595 g/mol. The summed E-state index contributed by atoms with van der Waals surface area (Å²) in [5.41, 5.74) is 5.18. The number of pyridine rings is 1. The molecule has 4 rings (SSSR count). The highest BCUT2D eigenvalue weighted by atomic mass is 28.3. The lowest BCUT2D eigenvalue weighted by molar-refractivity contribution is 0.0203. The number of aryl methyl sites for hydroxylation is 2. The van der Waals surface area contributed by atoms with Crippen molar-refractivity contribution in [1.82, 2.24) is 24.0 Å². The molecule has 0 atom stereocenters. The highest BCUT2D eigenvalue weighted by Crippen LogP contribution is 2.38. The third kappa shape index (κ3) is 7.32. The molecule has 0 aromatic carbocycles. The molecule has 1 saturated heterocycles. The minimum absolute atomic E-state index is 0.00121. The Morgan fingerprint density at radius 3 is 2.40 bits per heavy atom. The Bertz CT molecular complexity index is 1460. The number of hydrogen-bond donors (Lipinski definition) is 0. The summed E-state index contributed by atoms with van der Waals surface area (Å²) in [6, 6.07) is 3.06. The van der Waals surface area contributed by atoms with Gasteiger partial charge in [-0.25, -0.2) is 14.8 Å². The van der Waals surface area contributed by atoms with Crippen molar-refractivity contribution in [3.8, 4) is 11.3 Å². The first-order valence-electron chi connectivity index (χ1n) is 15.2. The second kappa shape index (κ2) is 12.3. The van der Waals surface area contributed by atoms with E-state index >= 15 is 0 Å². The maximum atomic E-state index is 12.6. The van der Waals surface area contributed by atoms with Crippen LogP contribution in [0.15, 0.2) is 23.3 Å². The molecular weight excluding hydrogens is 546 g/mol. The summed E-state index contributed by atoms with van der Waals surface area (Å²) in [7, 11) is 0.558. The van der Waals surface area contributed by atoms with Crippen molar-refractivity contribution in [2.75, 3.05) is 19.7 Å². The Hall–Kier alpha value is -2.98. The van der Waals surface area contributed by atoms with Crippen LogP contribution in [-0.4, -0.2) is 63.5 Å². The average Bonchev–Trinajstić information content (AvgIpc) is 3.21. The van der Waals surface area contributed by atoms with Crippen LogP contribution in [0.3, 0.4) is 0 Å². The first kappa shape index (κ1) is 31.9. The van der Waals surface area contributed by atoms with E-state index in [4.69, 9.17) is 19.4 Å². The molecule has 0 bridgehead atoms. The third-order valence-corrected chi connectivity index (χ3v) is 9.50. The lowest BCUT2D eigenvalue weighted by atomic mass is 9.95. The number of ether oxygens (including phenoxy) is 2. The number of carbonyl (C=O) groups is 1. The number of likely N-dealkylation sites (tertiary alicyclic amines) is 1. The molecule has 4 heterocycles. The smallest absolute Gasteiger partial charge is 0.410 e. The highest BCUT2D eigenvalue weighted by molar-refractivity contribution is 6.76. The van der Waals surface area contributed by atoms with E-state index in [-0.39, 0.29) is 23.5 Å². The number of nitrogens with zero attached hydrogens (tertiary/aromatic N) is 5. The molecule has 0 aliphatic carbocycles. The molecule has 1 fully saturated rings. The molecular formula is C32H49N5O4Si. The van der Waals surface area contributed by atoms with Gasteiger partial charge in [0.25, 0.3) is 5.56 Å². The lowest BCUT2D eigenvalue weighted by Crippen LogP contribution is -2.41. The van der Waals surface area contributed by atoms with Crippen molar-refractivity contribution in [2.24, 2.45) is 7.05 Å². The van der Waals surface area contributed by atoms with Gasteiger partial charge in [-0.15, -0.1) is 0 Å². The Kier molecular flexibility index (Phi) is 9.37. The largest absolute Gasteiger partial charge is 0.444 e. The Labute approximate surface area is 251 Å². The van der Waals surface area contributed by atoms with Crippen molar-refractivity contribution in [3.05, 3.63) is 45.8 Å². The highest BCUT2D eigenvalue weighted by Gasteiger charge is 2.30. The van der Waals surface area contributed by atoms with Crippen LogP contribution in [0, 0.1) is 6.92 Å². The van der Waals surface area contributed by atoms with Crippen LogP contribution in [0.4, 0.5) is 4.79 Å². The average molecular weight is 596 g/mol. The zero-order valence-corrected chi connectivity index (χ0v) is 28.2. The molecule has 0 radical (unpaired) electrons. The number of piperidine rings is 1. The standard InChI is InChI=1S/C32H49N5O4Si/c1-21(2)26-27-25(18-33-29(34-27)23-11-13-36(14-12-23)31(39)41-32(4,5)6)37(20-40-15-16-42(8,9)10)28(26)24-17-22(3)30(38)35(7)19-24/h17-19,21,23H,11-16,20H2,1-10H3. The predicted molar refractivity (Wildman–Crippen MR) is 171 cm³/mol. The van der Waals surface area contributed by atoms with Gasteiger partial charge in [0.05, 0.1) is 22.9 Å². The first-order chi connectivity index (χ1) is 19.6. The van der Waals surface area contributed by atoms with Crippen molar-refractivity contribution in [3.63, 3.8) is 0 Å². The summed E-state index contributed by atoms with van der Waals surface area (Å²) in [6.45, 7) is 21.3. The second-order valence-electron chi connectivity index (χ2n) is 14.2. The van der Waals surface area contributed by atoms with E-state index in [2.05, 4.69) is 38.1 Å². The molecule has 10 heteroatoms. The van der Waals surface area contributed by atoms with E-state index in [1.165, 1.54) is 0 Å². The van der Waals surface area contributed by atoms with E-state index in [0.717, 1.165) is 52.6 Å². The van der Waals surface area contributed by atoms with E-state index < -0.39 is 13.7 Å². The second-order valence-corrected chi connectivity index (χ2v) is 19.8. The van der Waals surface area contributed by atoms with Crippen LogP contribution in [0.5, 0.6) is 0 Å². The van der Waals surface area contributed by atoms with Crippen molar-refractivity contribution >= 4 is 25.2 Å². The van der Waals surface area contributed by atoms with E-state index in [1.807, 2.05) is 46.2 Å². The van der Waals surface area contributed by atoms with Gasteiger partial charge in [-0.3, -0.25) is 4.79 Å². The normalized spacial score (nSPS) is 15.2. The fraction of sp³-hybridized carbons (Fsp3) is 0.625. The summed E-state index contributed by atoms with van der Waals surface area (Å²) in [5, 5.41) is 0. The third-order valence-electron chi connectivity index (χ3n) is 7.80. The minimum Gasteiger partial charge on any atom is -0.444 e. The summed E-state index contributed by atoms with van der Waals surface area (Å²) >= 11 is 0. The van der Waals surface area contributed by atoms with Crippen LogP contribution in [0.1, 0.15) is 76.2 Å². The molecule has 3 aromatic heterocycles. The maximum Gasteiger partial charge on any atom is 0.410 e. The summed E-state index contributed by atoms with van der Waals surface area (Å²) in [6.07, 6.45) is 5.16. The Balaban J connectivity index is 1.73. The van der Waals surface area contributed by atoms with Crippen LogP contribution in [0.25, 0.3) is 22.3 Å². The van der Waals surface area contributed by atoms with Crippen LogP contribution in [-0.2, 0) is 23.3 Å². The van der Waals surface area contributed by atoms with E-state index in [9.17, 15) is 9.59 Å². The van der Waals surface area contributed by atoms with Gasteiger partial charge in [0.15, 0.2) is 0 Å². The number of rotatable bonds is 8. The molecule has 3 aromatic rings. The van der Waals surface area contributed by atoms with Gasteiger partial charge in [0.2, 0.25) is 0 Å². The number of carbonyl (C=O) groups excluding carboxylic acids is 1. The van der Waals surface area contributed by atoms with Gasteiger partial charge < -0.3 is 23.5 Å². The summed E-state index contributed by atoms with van der Waals surface area (Å²) in [5.74, 6) is 1.15. The van der Waals surface area contributed by atoms with Gasteiger partial charge >= 0.3 is 6.09 Å². The molecule has 1 aliphatic heterocycles. The zero-order chi connectivity index (χ0) is 31.0. The van der Waals surface area contributed by atoms with Gasteiger partial charge in [-0.05, 0) is 58.6 Å². The fourth-order valence-electron chi connectivity index (χ4n) is 5.54. The van der Waals surface area contributed by atoms with Crippen molar-refractivity contribution in [1.29, 1.82) is 0 Å². The SMILES string of the molecule is Cc1cc(-c2c(C(C)C)c3nc(C4CCN(C(=O)OC(C)(C)C)CC4)ncc3n2COCC[Si](C)(C)C)cn(C)c1=O. The summed E-state index contributed by atoms with van der Waals surface area (Å²) in [4.78, 5) is 37.0. The van der Waals surface area contributed by atoms with Crippen LogP contribution >= 0.6 is 0 Å².